The molecule has 1 aromatic rings. The van der Waals surface area contributed by atoms with E-state index in [1.165, 1.54) is 15.5 Å². The topological polar surface area (TPSA) is 62.5 Å². The number of aromatic nitrogens is 1. The van der Waals surface area contributed by atoms with Crippen LogP contribution in [0.3, 0.4) is 0 Å². The lowest BCUT2D eigenvalue weighted by Gasteiger charge is -2.25. The highest BCUT2D eigenvalue weighted by Gasteiger charge is 2.25. The zero-order chi connectivity index (χ0) is 14.0. The number of hydrogen-bond acceptors (Lipinski definition) is 2. The van der Waals surface area contributed by atoms with Gasteiger partial charge in [0.2, 0.25) is 0 Å². The number of nitrogens with zero attached hydrogens (tertiary/aromatic N) is 2. The molecule has 0 radical (unpaired) electrons. The maximum absolute atomic E-state index is 12.2. The standard InChI is InChI=1S/C11H14Cl2N2O3/c1-6(2)15(5-9(16)17)11(18)8-4-7(12)10(13)14(8)3/h4,6H,5H2,1-3H3,(H,16,17). The summed E-state index contributed by atoms with van der Waals surface area (Å²) in [6.45, 7) is 3.12. The zero-order valence-corrected chi connectivity index (χ0v) is 11.8. The highest BCUT2D eigenvalue weighted by Crippen LogP contribution is 2.26. The monoisotopic (exact) mass is 292 g/mol. The van der Waals surface area contributed by atoms with Crippen molar-refractivity contribution in [2.75, 3.05) is 6.54 Å². The molecule has 18 heavy (non-hydrogen) atoms. The predicted molar refractivity (Wildman–Crippen MR) is 69.2 cm³/mol. The summed E-state index contributed by atoms with van der Waals surface area (Å²) in [5, 5.41) is 9.32. The summed E-state index contributed by atoms with van der Waals surface area (Å²) in [7, 11) is 1.60. The Bertz CT molecular complexity index is 483. The van der Waals surface area contributed by atoms with Gasteiger partial charge in [0.1, 0.15) is 17.4 Å². The number of amides is 1. The second-order valence-electron chi connectivity index (χ2n) is 4.15. The van der Waals surface area contributed by atoms with Gasteiger partial charge < -0.3 is 14.6 Å². The van der Waals surface area contributed by atoms with Crippen LogP contribution in [0.4, 0.5) is 0 Å². The molecular formula is C11H14Cl2N2O3. The summed E-state index contributed by atoms with van der Waals surface area (Å²) >= 11 is 11.7. The minimum absolute atomic E-state index is 0.235. The molecular weight excluding hydrogens is 279 g/mol. The van der Waals surface area contributed by atoms with E-state index in [0.29, 0.717) is 0 Å². The van der Waals surface area contributed by atoms with Gasteiger partial charge in [0.15, 0.2) is 0 Å². The third-order valence-corrected chi connectivity index (χ3v) is 3.37. The average Bonchev–Trinajstić information content (AvgIpc) is 2.52. The molecule has 5 nitrogen and oxygen atoms in total. The highest BCUT2D eigenvalue weighted by atomic mass is 35.5. The predicted octanol–water partition coefficient (Wildman–Crippen LogP) is 2.27. The summed E-state index contributed by atoms with van der Waals surface area (Å²) in [5.41, 5.74) is 0.264. The first-order valence-corrected chi connectivity index (χ1v) is 6.04. The number of carboxylic acid groups (broad SMARTS) is 1. The van der Waals surface area contributed by atoms with Gasteiger partial charge in [-0.15, -0.1) is 0 Å². The number of halogens is 2. The average molecular weight is 293 g/mol. The van der Waals surface area contributed by atoms with Crippen molar-refractivity contribution in [3.05, 3.63) is 21.9 Å². The molecule has 0 aliphatic rings. The Morgan fingerprint density at radius 1 is 1.44 bits per heavy atom. The van der Waals surface area contributed by atoms with Crippen LogP contribution < -0.4 is 0 Å². The number of aliphatic carboxylic acids is 1. The van der Waals surface area contributed by atoms with E-state index in [-0.39, 0.29) is 28.5 Å². The Balaban J connectivity index is 3.09. The van der Waals surface area contributed by atoms with Crippen molar-refractivity contribution in [3.63, 3.8) is 0 Å². The van der Waals surface area contributed by atoms with E-state index in [4.69, 9.17) is 28.3 Å². The van der Waals surface area contributed by atoms with Crippen LogP contribution in [-0.2, 0) is 11.8 Å². The van der Waals surface area contributed by atoms with Crippen LogP contribution in [0.1, 0.15) is 24.3 Å². The Hall–Kier alpha value is -1.20. The fourth-order valence-electron chi connectivity index (χ4n) is 1.53. The summed E-state index contributed by atoms with van der Waals surface area (Å²) in [6, 6.07) is 1.20. The van der Waals surface area contributed by atoms with Crippen LogP contribution in [-0.4, -0.2) is 39.0 Å². The molecule has 7 heteroatoms. The second-order valence-corrected chi connectivity index (χ2v) is 4.91. The number of hydrogen-bond donors (Lipinski definition) is 1. The van der Waals surface area contributed by atoms with Crippen molar-refractivity contribution in [3.8, 4) is 0 Å². The van der Waals surface area contributed by atoms with Crippen LogP contribution in [0.5, 0.6) is 0 Å². The van der Waals surface area contributed by atoms with Crippen molar-refractivity contribution in [1.29, 1.82) is 0 Å². The van der Waals surface area contributed by atoms with E-state index < -0.39 is 11.9 Å². The fourth-order valence-corrected chi connectivity index (χ4v) is 1.91. The van der Waals surface area contributed by atoms with Crippen LogP contribution >= 0.6 is 23.2 Å². The van der Waals surface area contributed by atoms with Crippen LogP contribution in [0, 0.1) is 0 Å². The minimum atomic E-state index is -1.07. The molecule has 100 valence electrons. The molecule has 1 N–H and O–H groups in total. The Kier molecular flexibility index (Phi) is 4.65. The van der Waals surface area contributed by atoms with Crippen LogP contribution in [0.2, 0.25) is 10.2 Å². The number of rotatable bonds is 4. The van der Waals surface area contributed by atoms with E-state index >= 15 is 0 Å². The maximum Gasteiger partial charge on any atom is 0.323 e. The molecule has 1 rings (SSSR count). The summed E-state index contributed by atoms with van der Waals surface area (Å²) in [5.74, 6) is -1.48. The molecule has 1 amide bonds. The fraction of sp³-hybridized carbons (Fsp3) is 0.455. The lowest BCUT2D eigenvalue weighted by Crippen LogP contribution is -2.41. The third kappa shape index (κ3) is 2.97. The maximum atomic E-state index is 12.2. The minimum Gasteiger partial charge on any atom is -0.480 e. The summed E-state index contributed by atoms with van der Waals surface area (Å²) in [6.07, 6.45) is 0. The summed E-state index contributed by atoms with van der Waals surface area (Å²) in [4.78, 5) is 24.2. The van der Waals surface area contributed by atoms with Crippen molar-refractivity contribution < 1.29 is 14.7 Å². The molecule has 0 aromatic carbocycles. The van der Waals surface area contributed by atoms with Gasteiger partial charge in [0.25, 0.3) is 5.91 Å². The van der Waals surface area contributed by atoms with Crippen molar-refractivity contribution >= 4 is 35.1 Å². The van der Waals surface area contributed by atoms with E-state index in [0.717, 1.165) is 0 Å². The molecule has 1 aromatic heterocycles. The Morgan fingerprint density at radius 2 is 2.00 bits per heavy atom. The molecule has 1 heterocycles. The first-order chi connectivity index (χ1) is 8.25. The van der Waals surface area contributed by atoms with Gasteiger partial charge >= 0.3 is 5.97 Å². The first-order valence-electron chi connectivity index (χ1n) is 5.29. The number of carboxylic acids is 1. The lowest BCUT2D eigenvalue weighted by atomic mass is 10.2. The molecule has 0 spiro atoms. The van der Waals surface area contributed by atoms with Gasteiger partial charge in [0, 0.05) is 13.1 Å². The molecule has 0 saturated carbocycles. The van der Waals surface area contributed by atoms with Gasteiger partial charge in [-0.3, -0.25) is 9.59 Å². The Labute approximate surface area is 115 Å². The largest absolute Gasteiger partial charge is 0.480 e. The molecule has 0 bridgehead atoms. The van der Waals surface area contributed by atoms with E-state index in [9.17, 15) is 9.59 Å². The molecule has 0 unspecified atom stereocenters. The van der Waals surface area contributed by atoms with Gasteiger partial charge in [-0.2, -0.15) is 0 Å². The molecule has 0 aliphatic heterocycles. The van der Waals surface area contributed by atoms with Crippen molar-refractivity contribution in [1.82, 2.24) is 9.47 Å². The molecule has 0 saturated heterocycles. The Morgan fingerprint density at radius 3 is 2.33 bits per heavy atom. The van der Waals surface area contributed by atoms with Crippen molar-refractivity contribution in [2.24, 2.45) is 7.05 Å². The molecule has 0 fully saturated rings. The lowest BCUT2D eigenvalue weighted by molar-refractivity contribution is -0.138. The number of carbonyl (C=O) groups excluding carboxylic acids is 1. The third-order valence-electron chi connectivity index (χ3n) is 2.53. The zero-order valence-electron chi connectivity index (χ0n) is 10.3. The first kappa shape index (κ1) is 14.9. The van der Waals surface area contributed by atoms with E-state index in [2.05, 4.69) is 0 Å². The van der Waals surface area contributed by atoms with E-state index in [1.54, 1.807) is 20.9 Å². The quantitative estimate of drug-likeness (QED) is 0.926. The smallest absolute Gasteiger partial charge is 0.323 e. The number of carbonyl (C=O) groups is 2. The van der Waals surface area contributed by atoms with Gasteiger partial charge in [-0.05, 0) is 19.9 Å². The second kappa shape index (κ2) is 5.63. The van der Waals surface area contributed by atoms with E-state index in [1.807, 2.05) is 0 Å². The normalized spacial score (nSPS) is 10.8. The van der Waals surface area contributed by atoms with Gasteiger partial charge in [-0.25, -0.2) is 0 Å². The highest BCUT2D eigenvalue weighted by molar-refractivity contribution is 6.41. The molecule has 0 aliphatic carbocycles. The van der Waals surface area contributed by atoms with Gasteiger partial charge in [0.05, 0.1) is 5.02 Å². The van der Waals surface area contributed by atoms with Crippen LogP contribution in [0.15, 0.2) is 6.07 Å². The van der Waals surface area contributed by atoms with Crippen molar-refractivity contribution in [2.45, 2.75) is 19.9 Å². The molecule has 0 atom stereocenters. The summed E-state index contributed by atoms with van der Waals surface area (Å²) < 4.78 is 1.43. The van der Waals surface area contributed by atoms with Gasteiger partial charge in [-0.1, -0.05) is 23.2 Å². The van der Waals surface area contributed by atoms with Crippen LogP contribution in [0.25, 0.3) is 0 Å². The SMILES string of the molecule is CC(C)N(CC(=O)O)C(=O)c1cc(Cl)c(Cl)n1C.